The first-order valence-electron chi connectivity index (χ1n) is 25.1. The van der Waals surface area contributed by atoms with Gasteiger partial charge in [0, 0.05) is 58.5 Å². The van der Waals surface area contributed by atoms with Gasteiger partial charge in [-0.15, -0.1) is 0 Å². The van der Waals surface area contributed by atoms with Gasteiger partial charge < -0.3 is 0 Å². The van der Waals surface area contributed by atoms with E-state index in [0.717, 1.165) is 119 Å². The Kier molecular flexibility index (Phi) is 13.2. The molecular formula is C69H44F4N4. The molecule has 0 saturated heterocycles. The number of aromatic nitrogens is 4. The maximum absolute atomic E-state index is 15.0. The molecule has 0 saturated carbocycles. The molecule has 8 heteroatoms. The van der Waals surface area contributed by atoms with Crippen LogP contribution < -0.4 is 0 Å². The Morgan fingerprint density at radius 2 is 0.818 bits per heavy atom. The lowest BCUT2D eigenvalue weighted by molar-refractivity contribution is 0.575. The zero-order valence-corrected chi connectivity index (χ0v) is 41.3. The number of pyridine rings is 4. The molecule has 368 valence electrons. The summed E-state index contributed by atoms with van der Waals surface area (Å²) in [7, 11) is 0. The topological polar surface area (TPSA) is 51.6 Å². The highest BCUT2D eigenvalue weighted by molar-refractivity contribution is 6.02. The fourth-order valence-electron chi connectivity index (χ4n) is 10.1. The number of hydrogen-bond donors (Lipinski definition) is 0. The van der Waals surface area contributed by atoms with E-state index in [4.69, 9.17) is 4.98 Å². The molecule has 1 aliphatic rings. The van der Waals surface area contributed by atoms with E-state index in [1.807, 2.05) is 72.9 Å². The SMILES string of the molecule is Fc1ccc(-c2ccc(-c3ccccc3C3=CC(c4ccccc4-c4cnc(-c5ccccc5)cc4-c4ccc(-c5ccccc5)cc4)=CCC(c4ccccc4-c4ccc(-c5ncc(F)cc5F)nc4)=C3)cn2)c(F)c1. The molecule has 0 fully saturated rings. The van der Waals surface area contributed by atoms with Crippen LogP contribution in [-0.2, 0) is 0 Å². The van der Waals surface area contributed by atoms with Crippen LogP contribution in [0.1, 0.15) is 23.1 Å². The summed E-state index contributed by atoms with van der Waals surface area (Å²) < 4.78 is 57.5. The van der Waals surface area contributed by atoms with E-state index in [1.54, 1.807) is 24.5 Å². The van der Waals surface area contributed by atoms with Gasteiger partial charge >= 0.3 is 0 Å². The van der Waals surface area contributed by atoms with Crippen LogP contribution in [0.2, 0.25) is 0 Å². The van der Waals surface area contributed by atoms with Crippen molar-refractivity contribution in [3.05, 3.63) is 295 Å². The smallest absolute Gasteiger partial charge is 0.153 e. The first-order valence-corrected chi connectivity index (χ1v) is 25.1. The van der Waals surface area contributed by atoms with Gasteiger partial charge in [-0.05, 0) is 115 Å². The predicted octanol–water partition coefficient (Wildman–Crippen LogP) is 18.1. The van der Waals surface area contributed by atoms with Gasteiger partial charge in [-0.1, -0.05) is 182 Å². The zero-order chi connectivity index (χ0) is 52.2. The van der Waals surface area contributed by atoms with Gasteiger partial charge in [0.1, 0.15) is 23.1 Å². The third kappa shape index (κ3) is 9.96. The van der Waals surface area contributed by atoms with Crippen LogP contribution in [0.25, 0.3) is 106 Å². The molecule has 0 atom stereocenters. The van der Waals surface area contributed by atoms with Crippen molar-refractivity contribution in [1.82, 2.24) is 19.9 Å². The van der Waals surface area contributed by atoms with Gasteiger partial charge in [-0.2, -0.15) is 0 Å². The Morgan fingerprint density at radius 1 is 0.286 bits per heavy atom. The Balaban J connectivity index is 0.999. The van der Waals surface area contributed by atoms with Crippen LogP contribution in [0.5, 0.6) is 0 Å². The minimum atomic E-state index is -0.791. The van der Waals surface area contributed by atoms with E-state index in [2.05, 4.69) is 142 Å². The average molecular weight is 1010 g/mol. The number of halogens is 4. The molecule has 0 aliphatic heterocycles. The number of allylic oxidation sites excluding steroid dienone is 6. The van der Waals surface area contributed by atoms with Crippen molar-refractivity contribution >= 4 is 16.7 Å². The molecule has 1 aliphatic carbocycles. The minimum absolute atomic E-state index is 0.0347. The quantitative estimate of drug-likeness (QED) is 0.121. The molecule has 4 aromatic heterocycles. The standard InChI is InChI=1S/C69H44F4N4/c70-53-31-32-61(64(72)37-53)66-33-29-50(40-74-66)58-20-9-10-21-59(58)52-35-48(55-17-7-8-19-57(55)51-30-34-67(75-41-51)69-65(73)38-54(71)42-77-69)27-28-49(36-52)56-18-11-12-22-60(56)63-43-76-68(47-15-5-2-6-16-47)39-62(63)46-25-23-45(24-26-46)44-13-3-1-4-14-44/h1-26,28-43H,27H2. The lowest BCUT2D eigenvalue weighted by Gasteiger charge is -2.17. The number of nitrogens with zero attached hydrogens (tertiary/aromatic N) is 4. The van der Waals surface area contributed by atoms with E-state index in [-0.39, 0.29) is 17.0 Å². The van der Waals surface area contributed by atoms with E-state index < -0.39 is 23.3 Å². The summed E-state index contributed by atoms with van der Waals surface area (Å²) in [4.78, 5) is 18.4. The third-order valence-corrected chi connectivity index (χ3v) is 13.9. The molecule has 77 heavy (non-hydrogen) atoms. The van der Waals surface area contributed by atoms with Crippen molar-refractivity contribution in [2.24, 2.45) is 0 Å². The molecule has 0 spiro atoms. The Bertz CT molecular complexity index is 4080. The second kappa shape index (κ2) is 21.1. The van der Waals surface area contributed by atoms with Gasteiger partial charge in [-0.3, -0.25) is 15.0 Å². The van der Waals surface area contributed by atoms with Crippen molar-refractivity contribution in [2.45, 2.75) is 6.42 Å². The van der Waals surface area contributed by atoms with Crippen molar-refractivity contribution in [3.63, 3.8) is 0 Å². The molecule has 11 aromatic rings. The molecule has 12 rings (SSSR count). The fraction of sp³-hybridized carbons (Fsp3) is 0.0145. The normalized spacial score (nSPS) is 12.3. The molecular weight excluding hydrogens is 961 g/mol. The number of benzene rings is 7. The molecule has 0 radical (unpaired) electrons. The van der Waals surface area contributed by atoms with Gasteiger partial charge in [0.2, 0.25) is 0 Å². The van der Waals surface area contributed by atoms with Crippen LogP contribution in [0.3, 0.4) is 0 Å². The van der Waals surface area contributed by atoms with Crippen molar-refractivity contribution in [3.8, 4) is 89.5 Å². The van der Waals surface area contributed by atoms with Gasteiger partial charge in [-0.25, -0.2) is 22.5 Å². The summed E-state index contributed by atoms with van der Waals surface area (Å²) in [5.74, 6) is -2.89. The lowest BCUT2D eigenvalue weighted by atomic mass is 9.87. The van der Waals surface area contributed by atoms with Crippen LogP contribution in [0.4, 0.5) is 17.6 Å². The maximum atomic E-state index is 15.0. The largest absolute Gasteiger partial charge is 0.256 e. The summed E-state index contributed by atoms with van der Waals surface area (Å²) in [6.07, 6.45) is 13.7. The van der Waals surface area contributed by atoms with Gasteiger partial charge in [0.15, 0.2) is 5.82 Å². The fourth-order valence-corrected chi connectivity index (χ4v) is 10.1. The molecule has 0 unspecified atom stereocenters. The second-order valence-electron chi connectivity index (χ2n) is 18.7. The minimum Gasteiger partial charge on any atom is -0.256 e. The summed E-state index contributed by atoms with van der Waals surface area (Å²) in [5.41, 5.74) is 18.4. The second-order valence-corrected chi connectivity index (χ2v) is 18.7. The third-order valence-electron chi connectivity index (χ3n) is 13.9. The number of rotatable bonds is 11. The van der Waals surface area contributed by atoms with Gasteiger partial charge in [0.05, 0.1) is 23.3 Å². The first kappa shape index (κ1) is 48.0. The Morgan fingerprint density at radius 3 is 1.47 bits per heavy atom. The molecule has 7 aromatic carbocycles. The van der Waals surface area contributed by atoms with Crippen molar-refractivity contribution in [2.75, 3.05) is 0 Å². The summed E-state index contributed by atoms with van der Waals surface area (Å²) in [6.45, 7) is 0. The van der Waals surface area contributed by atoms with Crippen LogP contribution in [0, 0.1) is 23.3 Å². The van der Waals surface area contributed by atoms with Crippen LogP contribution in [-0.4, -0.2) is 19.9 Å². The monoisotopic (exact) mass is 1000 g/mol. The highest BCUT2D eigenvalue weighted by Crippen LogP contribution is 2.44. The van der Waals surface area contributed by atoms with E-state index in [0.29, 0.717) is 12.1 Å². The predicted molar refractivity (Wildman–Crippen MR) is 302 cm³/mol. The summed E-state index contributed by atoms with van der Waals surface area (Å²) in [5, 5.41) is 0. The van der Waals surface area contributed by atoms with Gasteiger partial charge in [0.25, 0.3) is 0 Å². The number of hydrogen-bond acceptors (Lipinski definition) is 4. The summed E-state index contributed by atoms with van der Waals surface area (Å²) >= 11 is 0. The van der Waals surface area contributed by atoms with Crippen LogP contribution >= 0.6 is 0 Å². The average Bonchev–Trinajstić information content (AvgIpc) is 3.72. The van der Waals surface area contributed by atoms with Crippen molar-refractivity contribution < 1.29 is 17.6 Å². The maximum Gasteiger partial charge on any atom is 0.153 e. The van der Waals surface area contributed by atoms with E-state index in [9.17, 15) is 17.6 Å². The highest BCUT2D eigenvalue weighted by atomic mass is 19.1. The molecule has 0 amide bonds. The molecule has 0 bridgehead atoms. The lowest BCUT2D eigenvalue weighted by Crippen LogP contribution is -1.95. The van der Waals surface area contributed by atoms with E-state index >= 15 is 0 Å². The molecule has 4 heterocycles. The summed E-state index contributed by atoms with van der Waals surface area (Å²) in [6, 6.07) is 67.8. The zero-order valence-electron chi connectivity index (χ0n) is 41.3. The molecule has 4 nitrogen and oxygen atoms in total. The molecule has 0 N–H and O–H groups in total. The van der Waals surface area contributed by atoms with E-state index in [1.165, 1.54) is 12.1 Å². The van der Waals surface area contributed by atoms with Crippen molar-refractivity contribution in [1.29, 1.82) is 0 Å². The Hall–Kier alpha value is -9.92. The van der Waals surface area contributed by atoms with Crippen LogP contribution in [0.15, 0.2) is 255 Å². The Labute approximate surface area is 443 Å². The first-order chi connectivity index (χ1) is 37.8. The highest BCUT2D eigenvalue weighted by Gasteiger charge is 2.21.